The number of rotatable bonds is 5. The number of halogens is 1. The summed E-state index contributed by atoms with van der Waals surface area (Å²) in [4.78, 5) is 11.8. The predicted octanol–water partition coefficient (Wildman–Crippen LogP) is 3.09. The number of hydrogen-bond donors (Lipinski definition) is 1. The van der Waals surface area contributed by atoms with E-state index in [0.717, 1.165) is 6.42 Å². The molecular formula is C15H22FNO. The van der Waals surface area contributed by atoms with E-state index < -0.39 is 0 Å². The molecule has 0 aliphatic heterocycles. The van der Waals surface area contributed by atoms with Gasteiger partial charge in [0.2, 0.25) is 0 Å². The van der Waals surface area contributed by atoms with Crippen molar-refractivity contribution in [2.45, 2.75) is 46.1 Å². The maximum absolute atomic E-state index is 13.4. The van der Waals surface area contributed by atoms with Crippen LogP contribution in [0.5, 0.6) is 0 Å². The van der Waals surface area contributed by atoms with Crippen LogP contribution in [-0.4, -0.2) is 11.8 Å². The van der Waals surface area contributed by atoms with E-state index in [1.54, 1.807) is 18.2 Å². The molecule has 2 N–H and O–H groups in total. The highest BCUT2D eigenvalue weighted by molar-refractivity contribution is 5.81. The van der Waals surface area contributed by atoms with Crippen molar-refractivity contribution < 1.29 is 9.18 Å². The van der Waals surface area contributed by atoms with Crippen molar-refractivity contribution in [3.63, 3.8) is 0 Å². The second kappa shape index (κ2) is 6.10. The van der Waals surface area contributed by atoms with Gasteiger partial charge in [-0.25, -0.2) is 4.39 Å². The fourth-order valence-corrected chi connectivity index (χ4v) is 2.08. The number of carbonyl (C=O) groups excluding carboxylic acids is 1. The number of carbonyl (C=O) groups is 1. The van der Waals surface area contributed by atoms with E-state index in [1.807, 2.05) is 0 Å². The zero-order valence-corrected chi connectivity index (χ0v) is 11.4. The van der Waals surface area contributed by atoms with E-state index in [1.165, 1.54) is 6.07 Å². The van der Waals surface area contributed by atoms with Gasteiger partial charge < -0.3 is 5.73 Å². The van der Waals surface area contributed by atoms with Crippen LogP contribution >= 0.6 is 0 Å². The molecule has 0 aliphatic rings. The minimum absolute atomic E-state index is 0.00292. The van der Waals surface area contributed by atoms with Crippen molar-refractivity contribution in [1.29, 1.82) is 0 Å². The van der Waals surface area contributed by atoms with Crippen LogP contribution < -0.4 is 5.73 Å². The molecule has 18 heavy (non-hydrogen) atoms. The summed E-state index contributed by atoms with van der Waals surface area (Å²) in [6.45, 7) is 6.27. The lowest BCUT2D eigenvalue weighted by Crippen LogP contribution is -2.29. The van der Waals surface area contributed by atoms with Gasteiger partial charge in [-0.15, -0.1) is 0 Å². The van der Waals surface area contributed by atoms with Gasteiger partial charge in [0.05, 0.1) is 0 Å². The van der Waals surface area contributed by atoms with Crippen molar-refractivity contribution in [2.75, 3.05) is 0 Å². The minimum atomic E-state index is -0.324. The van der Waals surface area contributed by atoms with Crippen LogP contribution in [0.3, 0.4) is 0 Å². The number of Topliss-reactive ketones (excluding diaryl/α,β-unsaturated/α-hetero) is 1. The fourth-order valence-electron chi connectivity index (χ4n) is 2.08. The van der Waals surface area contributed by atoms with Crippen molar-refractivity contribution in [3.05, 3.63) is 35.6 Å². The number of ketones is 1. The van der Waals surface area contributed by atoms with Gasteiger partial charge in [-0.3, -0.25) is 4.79 Å². The van der Waals surface area contributed by atoms with Crippen LogP contribution in [0, 0.1) is 11.2 Å². The Labute approximate surface area is 108 Å². The molecule has 0 aliphatic carbocycles. The maximum atomic E-state index is 13.4. The second-order valence-electron chi connectivity index (χ2n) is 6.04. The van der Waals surface area contributed by atoms with Gasteiger partial charge in [-0.05, 0) is 23.5 Å². The van der Waals surface area contributed by atoms with Crippen molar-refractivity contribution >= 4 is 5.78 Å². The molecule has 0 heterocycles. The summed E-state index contributed by atoms with van der Waals surface area (Å²) in [7, 11) is 0. The van der Waals surface area contributed by atoms with E-state index in [4.69, 9.17) is 5.73 Å². The van der Waals surface area contributed by atoms with Crippen molar-refractivity contribution in [2.24, 2.45) is 11.1 Å². The summed E-state index contributed by atoms with van der Waals surface area (Å²) in [5.74, 6) is -0.327. The van der Waals surface area contributed by atoms with E-state index in [9.17, 15) is 9.18 Å². The topological polar surface area (TPSA) is 43.1 Å². The van der Waals surface area contributed by atoms with Gasteiger partial charge in [0, 0.05) is 18.9 Å². The van der Waals surface area contributed by atoms with Gasteiger partial charge in [0.25, 0.3) is 0 Å². The summed E-state index contributed by atoms with van der Waals surface area (Å²) in [6.07, 6.45) is 1.23. The average Bonchev–Trinajstić information content (AvgIpc) is 2.18. The first kappa shape index (κ1) is 14.8. The first-order valence-corrected chi connectivity index (χ1v) is 6.28. The largest absolute Gasteiger partial charge is 0.327 e. The van der Waals surface area contributed by atoms with E-state index in [2.05, 4.69) is 20.8 Å². The Morgan fingerprint density at radius 1 is 1.33 bits per heavy atom. The molecule has 0 aromatic heterocycles. The number of hydrogen-bond acceptors (Lipinski definition) is 2. The normalized spacial score (nSPS) is 13.4. The van der Waals surface area contributed by atoms with E-state index in [0.29, 0.717) is 12.0 Å². The Balaban J connectivity index is 2.50. The molecule has 0 saturated heterocycles. The summed E-state index contributed by atoms with van der Waals surface area (Å²) in [6, 6.07) is 6.22. The summed E-state index contributed by atoms with van der Waals surface area (Å²) >= 11 is 0. The minimum Gasteiger partial charge on any atom is -0.327 e. The van der Waals surface area contributed by atoms with Crippen molar-refractivity contribution in [3.8, 4) is 0 Å². The van der Waals surface area contributed by atoms with Gasteiger partial charge in [-0.2, -0.15) is 0 Å². The molecule has 0 amide bonds. The van der Waals surface area contributed by atoms with E-state index in [-0.39, 0.29) is 29.5 Å². The zero-order valence-electron chi connectivity index (χ0n) is 11.4. The Kier molecular flexibility index (Phi) is 5.03. The fraction of sp³-hybridized carbons (Fsp3) is 0.533. The molecule has 1 atom stereocenters. The summed E-state index contributed by atoms with van der Waals surface area (Å²) in [5, 5.41) is 0. The molecule has 0 radical (unpaired) electrons. The molecule has 0 fully saturated rings. The Hall–Kier alpha value is -1.22. The highest BCUT2D eigenvalue weighted by atomic mass is 19.1. The summed E-state index contributed by atoms with van der Waals surface area (Å²) < 4.78 is 13.4. The molecule has 0 saturated carbocycles. The lowest BCUT2D eigenvalue weighted by Gasteiger charge is -2.22. The first-order chi connectivity index (χ1) is 8.28. The standard InChI is InChI=1S/C15H22FNO/c1-15(2,3)10-12(17)9-13(18)8-11-6-4-5-7-14(11)16/h4-7,12H,8-10,17H2,1-3H3. The van der Waals surface area contributed by atoms with E-state index >= 15 is 0 Å². The third-order valence-corrected chi connectivity index (χ3v) is 2.71. The highest BCUT2D eigenvalue weighted by Crippen LogP contribution is 2.21. The van der Waals surface area contributed by atoms with Gasteiger partial charge in [0.15, 0.2) is 0 Å². The molecular weight excluding hydrogens is 229 g/mol. The van der Waals surface area contributed by atoms with Crippen LogP contribution in [0.25, 0.3) is 0 Å². The zero-order chi connectivity index (χ0) is 13.8. The monoisotopic (exact) mass is 251 g/mol. The van der Waals surface area contributed by atoms with Crippen LogP contribution in [0.1, 0.15) is 39.2 Å². The third kappa shape index (κ3) is 5.41. The summed E-state index contributed by atoms with van der Waals surface area (Å²) in [5.41, 5.74) is 6.50. The molecule has 2 nitrogen and oxygen atoms in total. The lowest BCUT2D eigenvalue weighted by molar-refractivity contribution is -0.118. The number of nitrogens with two attached hydrogens (primary N) is 1. The second-order valence-corrected chi connectivity index (χ2v) is 6.04. The third-order valence-electron chi connectivity index (χ3n) is 2.71. The van der Waals surface area contributed by atoms with Crippen molar-refractivity contribution in [1.82, 2.24) is 0 Å². The molecule has 3 heteroatoms. The lowest BCUT2D eigenvalue weighted by atomic mass is 9.86. The smallest absolute Gasteiger partial charge is 0.138 e. The Morgan fingerprint density at radius 2 is 1.94 bits per heavy atom. The van der Waals surface area contributed by atoms with Gasteiger partial charge >= 0.3 is 0 Å². The molecule has 0 spiro atoms. The highest BCUT2D eigenvalue weighted by Gasteiger charge is 2.18. The first-order valence-electron chi connectivity index (χ1n) is 6.28. The predicted molar refractivity (Wildman–Crippen MR) is 71.8 cm³/mol. The van der Waals surface area contributed by atoms with Gasteiger partial charge in [0.1, 0.15) is 11.6 Å². The van der Waals surface area contributed by atoms with Crippen LogP contribution in [-0.2, 0) is 11.2 Å². The SMILES string of the molecule is CC(C)(C)CC(N)CC(=O)Cc1ccccc1F. The molecule has 0 bridgehead atoms. The number of benzene rings is 1. The van der Waals surface area contributed by atoms with Crippen LogP contribution in [0.4, 0.5) is 4.39 Å². The quantitative estimate of drug-likeness (QED) is 0.873. The Morgan fingerprint density at radius 3 is 2.50 bits per heavy atom. The molecule has 1 aromatic rings. The van der Waals surface area contributed by atoms with Gasteiger partial charge in [-0.1, -0.05) is 39.0 Å². The maximum Gasteiger partial charge on any atom is 0.138 e. The molecule has 1 rings (SSSR count). The van der Waals surface area contributed by atoms with Crippen LogP contribution in [0.15, 0.2) is 24.3 Å². The van der Waals surface area contributed by atoms with Crippen LogP contribution in [0.2, 0.25) is 0 Å². The average molecular weight is 251 g/mol. The molecule has 1 unspecified atom stereocenters. The molecule has 1 aromatic carbocycles. The molecule has 100 valence electrons. The Bertz CT molecular complexity index is 409.